The molecule has 0 bridgehead atoms. The molecule has 0 spiro atoms. The Hall–Kier alpha value is -1.46. The maximum Gasteiger partial charge on any atom is 0.123 e. The van der Waals surface area contributed by atoms with E-state index in [1.54, 1.807) is 11.3 Å². The Labute approximate surface area is 103 Å². The van der Waals surface area contributed by atoms with Gasteiger partial charge < -0.3 is 10.4 Å². The van der Waals surface area contributed by atoms with E-state index in [4.69, 9.17) is 0 Å². The molecular weight excluding hydrogens is 239 g/mol. The minimum atomic E-state index is -0.343. The predicted molar refractivity (Wildman–Crippen MR) is 65.5 cm³/mol. The largest absolute Gasteiger partial charge is 0.508 e. The van der Waals surface area contributed by atoms with Crippen molar-refractivity contribution in [2.24, 2.45) is 0 Å². The fraction of sp³-hybridized carbons (Fsp3) is 0.250. The molecule has 2 aromatic rings. The van der Waals surface area contributed by atoms with Crippen molar-refractivity contribution in [3.63, 3.8) is 0 Å². The summed E-state index contributed by atoms with van der Waals surface area (Å²) in [6.45, 7) is 2.98. The highest BCUT2D eigenvalue weighted by Crippen LogP contribution is 2.17. The molecular formula is C12H13FN2OS. The molecule has 3 nitrogen and oxygen atoms in total. The van der Waals surface area contributed by atoms with Crippen LogP contribution in [-0.4, -0.2) is 10.1 Å². The second-order valence-corrected chi connectivity index (χ2v) is 4.80. The van der Waals surface area contributed by atoms with Crippen LogP contribution in [0.5, 0.6) is 5.75 Å². The minimum absolute atomic E-state index is 0.105. The van der Waals surface area contributed by atoms with Crippen LogP contribution in [0.1, 0.15) is 16.3 Å². The topological polar surface area (TPSA) is 45.2 Å². The Kier molecular flexibility index (Phi) is 3.71. The van der Waals surface area contributed by atoms with E-state index < -0.39 is 0 Å². The summed E-state index contributed by atoms with van der Waals surface area (Å²) in [5.41, 5.74) is 1.51. The fourth-order valence-electron chi connectivity index (χ4n) is 1.51. The Morgan fingerprint density at radius 1 is 1.41 bits per heavy atom. The average Bonchev–Trinajstić information content (AvgIpc) is 2.69. The third-order valence-corrected chi connectivity index (χ3v) is 3.15. The molecule has 0 aliphatic heterocycles. The minimum Gasteiger partial charge on any atom is -0.508 e. The second kappa shape index (κ2) is 5.25. The lowest BCUT2D eigenvalue weighted by molar-refractivity contribution is 0.461. The first-order chi connectivity index (χ1) is 8.15. The maximum atomic E-state index is 13.0. The van der Waals surface area contributed by atoms with E-state index in [1.807, 2.05) is 12.3 Å². The van der Waals surface area contributed by atoms with Crippen molar-refractivity contribution in [3.8, 4) is 5.75 Å². The fourth-order valence-corrected chi connectivity index (χ4v) is 2.12. The van der Waals surface area contributed by atoms with Gasteiger partial charge in [0.25, 0.3) is 0 Å². The van der Waals surface area contributed by atoms with Gasteiger partial charge in [0.05, 0.1) is 10.7 Å². The molecule has 2 rings (SSSR count). The Balaban J connectivity index is 1.91. The average molecular weight is 252 g/mol. The monoisotopic (exact) mass is 252 g/mol. The van der Waals surface area contributed by atoms with E-state index in [-0.39, 0.29) is 11.6 Å². The van der Waals surface area contributed by atoms with Gasteiger partial charge in [-0.15, -0.1) is 11.3 Å². The van der Waals surface area contributed by atoms with Crippen molar-refractivity contribution in [2.75, 3.05) is 0 Å². The number of nitrogens with zero attached hydrogens (tertiary/aromatic N) is 1. The highest BCUT2D eigenvalue weighted by Gasteiger charge is 2.03. The highest BCUT2D eigenvalue weighted by atomic mass is 32.1. The van der Waals surface area contributed by atoms with E-state index >= 15 is 0 Å². The number of halogens is 1. The third-order valence-electron chi connectivity index (χ3n) is 2.33. The molecule has 1 aromatic heterocycles. The van der Waals surface area contributed by atoms with Crippen LogP contribution in [0.3, 0.4) is 0 Å². The number of rotatable bonds is 4. The molecule has 0 unspecified atom stereocenters. The number of aromatic hydroxyl groups is 1. The molecule has 0 aliphatic rings. The number of nitrogens with one attached hydrogen (secondary N) is 1. The maximum absolute atomic E-state index is 13.0. The zero-order valence-corrected chi connectivity index (χ0v) is 10.2. The first-order valence-electron chi connectivity index (χ1n) is 5.24. The van der Waals surface area contributed by atoms with Gasteiger partial charge in [-0.05, 0) is 25.1 Å². The normalized spacial score (nSPS) is 10.7. The molecule has 0 radical (unpaired) electrons. The number of aryl methyl sites for hydroxylation is 1. The first kappa shape index (κ1) is 12.0. The molecule has 0 aliphatic carbocycles. The molecule has 0 fully saturated rings. The Morgan fingerprint density at radius 3 is 2.94 bits per heavy atom. The number of aromatic nitrogens is 1. The van der Waals surface area contributed by atoms with Crippen molar-refractivity contribution in [2.45, 2.75) is 20.0 Å². The van der Waals surface area contributed by atoms with E-state index in [0.29, 0.717) is 18.7 Å². The van der Waals surface area contributed by atoms with Crippen LogP contribution in [-0.2, 0) is 13.1 Å². The van der Waals surface area contributed by atoms with Gasteiger partial charge in [-0.25, -0.2) is 9.37 Å². The van der Waals surface area contributed by atoms with E-state index in [2.05, 4.69) is 10.3 Å². The summed E-state index contributed by atoms with van der Waals surface area (Å²) in [6.07, 6.45) is 0. The Morgan fingerprint density at radius 2 is 2.24 bits per heavy atom. The van der Waals surface area contributed by atoms with Crippen molar-refractivity contribution >= 4 is 11.3 Å². The quantitative estimate of drug-likeness (QED) is 0.879. The molecule has 0 amide bonds. The van der Waals surface area contributed by atoms with Gasteiger partial charge in [-0.3, -0.25) is 0 Å². The van der Waals surface area contributed by atoms with Crippen LogP contribution in [0.15, 0.2) is 23.6 Å². The van der Waals surface area contributed by atoms with Crippen LogP contribution in [0.25, 0.3) is 0 Å². The molecule has 1 heterocycles. The predicted octanol–water partition coefficient (Wildman–Crippen LogP) is 2.59. The van der Waals surface area contributed by atoms with Crippen LogP contribution < -0.4 is 5.32 Å². The van der Waals surface area contributed by atoms with Crippen molar-refractivity contribution in [1.82, 2.24) is 10.3 Å². The lowest BCUT2D eigenvalue weighted by Crippen LogP contribution is -2.13. The molecule has 2 N–H and O–H groups in total. The summed E-state index contributed by atoms with van der Waals surface area (Å²) in [7, 11) is 0. The summed E-state index contributed by atoms with van der Waals surface area (Å²) in [4.78, 5) is 4.30. The van der Waals surface area contributed by atoms with Crippen molar-refractivity contribution < 1.29 is 9.50 Å². The summed E-state index contributed by atoms with van der Waals surface area (Å²) in [5.74, 6) is -0.238. The summed E-state index contributed by atoms with van der Waals surface area (Å²) < 4.78 is 13.0. The SMILES string of the molecule is Cc1nc(CNCc2cc(F)ccc2O)cs1. The third kappa shape index (κ3) is 3.25. The zero-order chi connectivity index (χ0) is 12.3. The van der Waals surface area contributed by atoms with Crippen LogP contribution in [0, 0.1) is 12.7 Å². The number of phenolic OH excluding ortho intramolecular Hbond substituents is 1. The first-order valence-corrected chi connectivity index (χ1v) is 6.12. The van der Waals surface area contributed by atoms with Crippen molar-refractivity contribution in [3.05, 3.63) is 45.7 Å². The van der Waals surface area contributed by atoms with Crippen LogP contribution in [0.2, 0.25) is 0 Å². The van der Waals surface area contributed by atoms with Gasteiger partial charge in [-0.1, -0.05) is 0 Å². The van der Waals surface area contributed by atoms with Gasteiger partial charge in [0, 0.05) is 24.0 Å². The molecule has 0 saturated heterocycles. The molecule has 0 saturated carbocycles. The summed E-state index contributed by atoms with van der Waals surface area (Å²) in [5, 5.41) is 15.6. The highest BCUT2D eigenvalue weighted by molar-refractivity contribution is 7.09. The van der Waals surface area contributed by atoms with Gasteiger partial charge in [0.2, 0.25) is 0 Å². The standard InChI is InChI=1S/C12H13FN2OS/c1-8-15-11(7-17-8)6-14-5-9-4-10(13)2-3-12(9)16/h2-4,7,14,16H,5-6H2,1H3. The van der Waals surface area contributed by atoms with E-state index in [0.717, 1.165) is 10.7 Å². The number of hydrogen-bond acceptors (Lipinski definition) is 4. The van der Waals surface area contributed by atoms with Gasteiger partial charge in [0.1, 0.15) is 11.6 Å². The number of thiazole rings is 1. The van der Waals surface area contributed by atoms with E-state index in [9.17, 15) is 9.50 Å². The molecule has 5 heteroatoms. The number of benzene rings is 1. The van der Waals surface area contributed by atoms with Crippen molar-refractivity contribution in [1.29, 1.82) is 0 Å². The van der Waals surface area contributed by atoms with Gasteiger partial charge in [0.15, 0.2) is 0 Å². The Bertz CT molecular complexity index is 513. The number of hydrogen-bond donors (Lipinski definition) is 2. The lowest BCUT2D eigenvalue weighted by atomic mass is 10.2. The van der Waals surface area contributed by atoms with Gasteiger partial charge >= 0.3 is 0 Å². The summed E-state index contributed by atoms with van der Waals surface area (Å²) in [6, 6.07) is 3.93. The molecule has 0 atom stereocenters. The zero-order valence-electron chi connectivity index (χ0n) is 9.40. The van der Waals surface area contributed by atoms with E-state index in [1.165, 1.54) is 18.2 Å². The summed E-state index contributed by atoms with van der Waals surface area (Å²) >= 11 is 1.60. The van der Waals surface area contributed by atoms with Crippen LogP contribution >= 0.6 is 11.3 Å². The smallest absolute Gasteiger partial charge is 0.123 e. The van der Waals surface area contributed by atoms with Crippen LogP contribution in [0.4, 0.5) is 4.39 Å². The molecule has 90 valence electrons. The molecule has 1 aromatic carbocycles. The molecule has 17 heavy (non-hydrogen) atoms. The van der Waals surface area contributed by atoms with Gasteiger partial charge in [-0.2, -0.15) is 0 Å². The second-order valence-electron chi connectivity index (χ2n) is 3.73. The number of phenols is 1. The lowest BCUT2D eigenvalue weighted by Gasteiger charge is -2.05.